The number of hydrogen-bond donors (Lipinski definition) is 1. The first kappa shape index (κ1) is 14.5. The van der Waals surface area contributed by atoms with E-state index in [0.717, 1.165) is 25.4 Å². The van der Waals surface area contributed by atoms with Gasteiger partial charge in [0.25, 0.3) is 0 Å². The first-order valence-corrected chi connectivity index (χ1v) is 7.57. The molecule has 0 saturated heterocycles. The second-order valence-electron chi connectivity index (χ2n) is 5.38. The summed E-state index contributed by atoms with van der Waals surface area (Å²) in [5, 5.41) is 3.48. The number of nitrogens with one attached hydrogen (secondary N) is 1. The van der Waals surface area contributed by atoms with Crippen molar-refractivity contribution in [2.75, 3.05) is 13.7 Å². The van der Waals surface area contributed by atoms with Crippen LogP contribution in [-0.2, 0) is 17.7 Å². The van der Waals surface area contributed by atoms with Gasteiger partial charge in [-0.2, -0.15) is 0 Å². The molecule has 19 heavy (non-hydrogen) atoms. The van der Waals surface area contributed by atoms with Gasteiger partial charge in [0.2, 0.25) is 0 Å². The van der Waals surface area contributed by atoms with Gasteiger partial charge in [0.1, 0.15) is 5.82 Å². The Hall–Kier alpha value is -0.870. The second-order valence-corrected chi connectivity index (χ2v) is 5.38. The molecule has 0 radical (unpaired) electrons. The summed E-state index contributed by atoms with van der Waals surface area (Å²) in [6.45, 7) is 6.03. The lowest BCUT2D eigenvalue weighted by atomic mass is 9.89. The van der Waals surface area contributed by atoms with E-state index in [2.05, 4.69) is 34.9 Å². The van der Waals surface area contributed by atoms with E-state index in [1.807, 2.05) is 13.2 Å². The minimum atomic E-state index is 0.00796. The average Bonchev–Trinajstić information content (AvgIpc) is 3.05. The molecule has 1 aliphatic rings. The molecule has 0 bridgehead atoms. The third-order valence-electron chi connectivity index (χ3n) is 4.39. The van der Waals surface area contributed by atoms with Crippen LogP contribution >= 0.6 is 0 Å². The molecule has 108 valence electrons. The van der Waals surface area contributed by atoms with E-state index in [9.17, 15) is 0 Å². The SMILES string of the molecule is CCOC1(C(Cc2nccn2CC)NC)CCCC1. The van der Waals surface area contributed by atoms with Gasteiger partial charge in [0, 0.05) is 38.0 Å². The van der Waals surface area contributed by atoms with Crippen LogP contribution in [0.25, 0.3) is 0 Å². The monoisotopic (exact) mass is 265 g/mol. The highest BCUT2D eigenvalue weighted by Gasteiger charge is 2.41. The van der Waals surface area contributed by atoms with Gasteiger partial charge >= 0.3 is 0 Å². The maximum absolute atomic E-state index is 6.17. The molecule has 2 rings (SSSR count). The van der Waals surface area contributed by atoms with Gasteiger partial charge in [0.15, 0.2) is 0 Å². The number of rotatable bonds is 7. The summed E-state index contributed by atoms with van der Waals surface area (Å²) >= 11 is 0. The number of likely N-dealkylation sites (N-methyl/N-ethyl adjacent to an activating group) is 1. The molecule has 1 aliphatic carbocycles. The number of nitrogens with zero attached hydrogens (tertiary/aromatic N) is 2. The first-order valence-electron chi connectivity index (χ1n) is 7.57. The van der Waals surface area contributed by atoms with Crippen molar-refractivity contribution in [3.8, 4) is 0 Å². The zero-order valence-electron chi connectivity index (χ0n) is 12.5. The lowest BCUT2D eigenvalue weighted by molar-refractivity contribution is -0.0602. The van der Waals surface area contributed by atoms with Crippen molar-refractivity contribution in [3.63, 3.8) is 0 Å². The third kappa shape index (κ3) is 3.00. The van der Waals surface area contributed by atoms with Crippen LogP contribution < -0.4 is 5.32 Å². The van der Waals surface area contributed by atoms with Crippen LogP contribution in [0.2, 0.25) is 0 Å². The highest BCUT2D eigenvalue weighted by molar-refractivity contribution is 5.04. The maximum Gasteiger partial charge on any atom is 0.110 e. The van der Waals surface area contributed by atoms with Crippen molar-refractivity contribution in [1.29, 1.82) is 0 Å². The predicted octanol–water partition coefficient (Wildman–Crippen LogP) is 2.38. The van der Waals surface area contributed by atoms with Crippen molar-refractivity contribution in [1.82, 2.24) is 14.9 Å². The Morgan fingerprint density at radius 1 is 1.42 bits per heavy atom. The van der Waals surface area contributed by atoms with Crippen molar-refractivity contribution >= 4 is 0 Å². The fourth-order valence-electron chi connectivity index (χ4n) is 3.41. The highest BCUT2D eigenvalue weighted by Crippen LogP contribution is 2.37. The molecule has 1 atom stereocenters. The minimum absolute atomic E-state index is 0.00796. The molecule has 1 N–H and O–H groups in total. The quantitative estimate of drug-likeness (QED) is 0.822. The topological polar surface area (TPSA) is 39.1 Å². The molecule has 4 nitrogen and oxygen atoms in total. The Kier molecular flexibility index (Phi) is 4.99. The smallest absolute Gasteiger partial charge is 0.110 e. The van der Waals surface area contributed by atoms with E-state index < -0.39 is 0 Å². The van der Waals surface area contributed by atoms with Gasteiger partial charge < -0.3 is 14.6 Å². The summed E-state index contributed by atoms with van der Waals surface area (Å²) < 4.78 is 8.39. The van der Waals surface area contributed by atoms with Crippen LogP contribution in [0, 0.1) is 0 Å². The van der Waals surface area contributed by atoms with E-state index in [1.165, 1.54) is 25.7 Å². The number of aromatic nitrogens is 2. The van der Waals surface area contributed by atoms with E-state index in [1.54, 1.807) is 0 Å². The molecule has 0 spiro atoms. The Bertz CT molecular complexity index is 382. The lowest BCUT2D eigenvalue weighted by Gasteiger charge is -2.37. The zero-order valence-corrected chi connectivity index (χ0v) is 12.5. The molecule has 1 fully saturated rings. The van der Waals surface area contributed by atoms with E-state index in [-0.39, 0.29) is 5.60 Å². The summed E-state index contributed by atoms with van der Waals surface area (Å²) in [6.07, 6.45) is 9.79. The van der Waals surface area contributed by atoms with Crippen LogP contribution in [-0.4, -0.2) is 34.8 Å². The number of imidazole rings is 1. The number of hydrogen-bond acceptors (Lipinski definition) is 3. The van der Waals surface area contributed by atoms with Crippen LogP contribution in [0.4, 0.5) is 0 Å². The molecular weight excluding hydrogens is 238 g/mol. The van der Waals surface area contributed by atoms with Crippen LogP contribution in [0.1, 0.15) is 45.4 Å². The Morgan fingerprint density at radius 2 is 2.16 bits per heavy atom. The molecule has 1 saturated carbocycles. The lowest BCUT2D eigenvalue weighted by Crippen LogP contribution is -2.51. The summed E-state index contributed by atoms with van der Waals surface area (Å²) in [5.74, 6) is 1.16. The van der Waals surface area contributed by atoms with Crippen LogP contribution in [0.5, 0.6) is 0 Å². The molecular formula is C15H27N3O. The van der Waals surface area contributed by atoms with Crippen LogP contribution in [0.15, 0.2) is 12.4 Å². The Balaban J connectivity index is 2.14. The molecule has 1 heterocycles. The fraction of sp³-hybridized carbons (Fsp3) is 0.800. The standard InChI is InChI=1S/C15H27N3O/c1-4-18-11-10-17-14(18)12-13(16-3)15(19-5-2)8-6-7-9-15/h10-11,13,16H,4-9,12H2,1-3H3. The van der Waals surface area contributed by atoms with Crippen molar-refractivity contribution in [3.05, 3.63) is 18.2 Å². The van der Waals surface area contributed by atoms with Crippen LogP contribution in [0.3, 0.4) is 0 Å². The highest BCUT2D eigenvalue weighted by atomic mass is 16.5. The molecule has 1 aromatic heterocycles. The summed E-state index contributed by atoms with van der Waals surface area (Å²) in [4.78, 5) is 4.50. The molecule has 0 aromatic carbocycles. The third-order valence-corrected chi connectivity index (χ3v) is 4.39. The Labute approximate surface area is 116 Å². The van der Waals surface area contributed by atoms with Gasteiger partial charge in [-0.25, -0.2) is 4.98 Å². The van der Waals surface area contributed by atoms with E-state index >= 15 is 0 Å². The van der Waals surface area contributed by atoms with Crippen molar-refractivity contribution in [2.24, 2.45) is 0 Å². The normalized spacial score (nSPS) is 19.7. The summed E-state index contributed by atoms with van der Waals surface area (Å²) in [6, 6.07) is 0.350. The number of ether oxygens (including phenoxy) is 1. The second kappa shape index (κ2) is 6.53. The van der Waals surface area contributed by atoms with Gasteiger partial charge in [-0.15, -0.1) is 0 Å². The average molecular weight is 265 g/mol. The van der Waals surface area contributed by atoms with E-state index in [0.29, 0.717) is 6.04 Å². The molecule has 0 amide bonds. The molecule has 4 heteroatoms. The molecule has 1 aromatic rings. The summed E-state index contributed by atoms with van der Waals surface area (Å²) in [7, 11) is 2.04. The molecule has 1 unspecified atom stereocenters. The van der Waals surface area contributed by atoms with E-state index in [4.69, 9.17) is 4.74 Å². The van der Waals surface area contributed by atoms with Gasteiger partial charge in [-0.05, 0) is 33.7 Å². The summed E-state index contributed by atoms with van der Waals surface area (Å²) in [5.41, 5.74) is 0.00796. The van der Waals surface area contributed by atoms with Gasteiger partial charge in [0.05, 0.1) is 5.60 Å². The number of aryl methyl sites for hydroxylation is 1. The minimum Gasteiger partial charge on any atom is -0.374 e. The Morgan fingerprint density at radius 3 is 2.74 bits per heavy atom. The predicted molar refractivity (Wildman–Crippen MR) is 77.3 cm³/mol. The zero-order chi connectivity index (χ0) is 13.7. The first-order chi connectivity index (χ1) is 9.25. The van der Waals surface area contributed by atoms with Gasteiger partial charge in [-0.3, -0.25) is 0 Å². The largest absolute Gasteiger partial charge is 0.374 e. The van der Waals surface area contributed by atoms with Crippen molar-refractivity contribution < 1.29 is 4.74 Å². The van der Waals surface area contributed by atoms with Gasteiger partial charge in [-0.1, -0.05) is 12.8 Å². The maximum atomic E-state index is 6.17. The van der Waals surface area contributed by atoms with Crippen molar-refractivity contribution in [2.45, 2.75) is 64.1 Å². The molecule has 0 aliphatic heterocycles. The fourth-order valence-corrected chi connectivity index (χ4v) is 3.41.